The molecule has 2 aliphatic carbocycles. The Labute approximate surface area is 325 Å². The molecular formula is C43H51N7O6. The number of carbonyl (C=O) groups excluding carboxylic acids is 1. The van der Waals surface area contributed by atoms with Crippen molar-refractivity contribution in [1.29, 1.82) is 0 Å². The highest BCUT2D eigenvalue weighted by molar-refractivity contribution is 5.82. The molecule has 5 atom stereocenters. The predicted molar refractivity (Wildman–Crippen MR) is 211 cm³/mol. The predicted octanol–water partition coefficient (Wildman–Crippen LogP) is 6.27. The van der Waals surface area contributed by atoms with Gasteiger partial charge in [0, 0.05) is 54.1 Å². The number of H-pyrrole nitrogens is 1. The molecule has 4 heterocycles. The van der Waals surface area contributed by atoms with Crippen molar-refractivity contribution < 1.29 is 19.4 Å². The third-order valence-electron chi connectivity index (χ3n) is 12.4. The quantitative estimate of drug-likeness (QED) is 0.131. The molecule has 1 saturated carbocycles. The van der Waals surface area contributed by atoms with Crippen LogP contribution < -0.4 is 16.0 Å². The minimum Gasteiger partial charge on any atom is -0.494 e. The molecule has 1 aliphatic heterocycles. The zero-order valence-electron chi connectivity index (χ0n) is 32.7. The summed E-state index contributed by atoms with van der Waals surface area (Å²) in [7, 11) is 0. The van der Waals surface area contributed by atoms with Gasteiger partial charge < -0.3 is 14.6 Å². The minimum absolute atomic E-state index is 0.0322. The Morgan fingerprint density at radius 1 is 1.02 bits per heavy atom. The van der Waals surface area contributed by atoms with Crippen molar-refractivity contribution in [3.63, 3.8) is 0 Å². The van der Waals surface area contributed by atoms with E-state index in [1.165, 1.54) is 29.2 Å². The van der Waals surface area contributed by atoms with Crippen LogP contribution in [-0.2, 0) is 21.4 Å². The van der Waals surface area contributed by atoms with Gasteiger partial charge in [-0.2, -0.15) is 0 Å². The van der Waals surface area contributed by atoms with Gasteiger partial charge in [0.25, 0.3) is 5.56 Å². The van der Waals surface area contributed by atoms with E-state index in [0.29, 0.717) is 43.5 Å². The summed E-state index contributed by atoms with van der Waals surface area (Å²) < 4.78 is 15.2. The van der Waals surface area contributed by atoms with Crippen LogP contribution in [0.15, 0.2) is 64.4 Å². The van der Waals surface area contributed by atoms with Gasteiger partial charge in [-0.25, -0.2) is 19.4 Å². The number of fused-ring (bicyclic) bond motifs is 7. The number of aliphatic hydroxyl groups is 1. The number of aryl methyl sites for hydroxylation is 2. The van der Waals surface area contributed by atoms with E-state index in [0.717, 1.165) is 59.4 Å². The fourth-order valence-electron chi connectivity index (χ4n) is 9.65. The van der Waals surface area contributed by atoms with Crippen LogP contribution >= 0.6 is 0 Å². The first-order valence-electron chi connectivity index (χ1n) is 20.0. The lowest BCUT2D eigenvalue weighted by Gasteiger charge is -2.53. The van der Waals surface area contributed by atoms with Crippen LogP contribution in [0.2, 0.25) is 0 Å². The van der Waals surface area contributed by atoms with Gasteiger partial charge in [0.05, 0.1) is 47.4 Å². The van der Waals surface area contributed by atoms with Gasteiger partial charge in [-0.1, -0.05) is 50.6 Å². The van der Waals surface area contributed by atoms with Gasteiger partial charge >= 0.3 is 5.69 Å². The lowest BCUT2D eigenvalue weighted by molar-refractivity contribution is -0.119. The van der Waals surface area contributed by atoms with Gasteiger partial charge in [0.2, 0.25) is 0 Å². The molecular weight excluding hydrogens is 711 g/mol. The summed E-state index contributed by atoms with van der Waals surface area (Å²) in [6.07, 6.45) is 9.60. The second-order valence-corrected chi connectivity index (χ2v) is 16.8. The van der Waals surface area contributed by atoms with Crippen LogP contribution in [0, 0.1) is 12.3 Å². The number of nitrogens with zero attached hydrogens (tertiary/aromatic N) is 6. The number of unbranched alkanes of at least 4 members (excludes halogenated alkanes) is 2. The van der Waals surface area contributed by atoms with Gasteiger partial charge in [-0.05, 0) is 80.7 Å². The Kier molecular flexibility index (Phi) is 10.3. The van der Waals surface area contributed by atoms with Crippen LogP contribution in [0.5, 0.6) is 5.75 Å². The number of benzene rings is 2. The van der Waals surface area contributed by atoms with E-state index in [2.05, 4.69) is 60.3 Å². The molecule has 13 heteroatoms. The maximum absolute atomic E-state index is 12.8. The number of aliphatic hydroxyl groups excluding tert-OH is 1. The highest BCUT2D eigenvalue weighted by Gasteiger charge is 2.53. The van der Waals surface area contributed by atoms with Crippen molar-refractivity contribution in [2.75, 3.05) is 13.2 Å². The number of aromatic nitrogens is 7. The number of ketones is 1. The fraction of sp³-hybridized carbons (Fsp3) is 0.512. The summed E-state index contributed by atoms with van der Waals surface area (Å²) in [5.41, 5.74) is 6.52. The number of hydrogen-bond acceptors (Lipinski definition) is 10. The zero-order chi connectivity index (χ0) is 39.2. The normalized spacial score (nSPS) is 23.7. The molecule has 0 spiro atoms. The summed E-state index contributed by atoms with van der Waals surface area (Å²) in [4.78, 5) is 49.8. The van der Waals surface area contributed by atoms with Gasteiger partial charge in [-0.3, -0.25) is 19.1 Å². The molecule has 0 radical (unpaired) electrons. The van der Waals surface area contributed by atoms with E-state index in [1.807, 2.05) is 18.2 Å². The fourth-order valence-corrected chi connectivity index (χ4v) is 9.65. The summed E-state index contributed by atoms with van der Waals surface area (Å²) in [5.74, 6) is 1.28. The third-order valence-corrected chi connectivity index (χ3v) is 12.4. The molecule has 0 bridgehead atoms. The topological polar surface area (TPSA) is 167 Å². The highest BCUT2D eigenvalue weighted by Crippen LogP contribution is 2.62. The largest absolute Gasteiger partial charge is 0.494 e. The molecule has 294 valence electrons. The van der Waals surface area contributed by atoms with E-state index >= 15 is 0 Å². The van der Waals surface area contributed by atoms with E-state index < -0.39 is 23.6 Å². The molecule has 2 N–H and O–H groups in total. The monoisotopic (exact) mass is 761 g/mol. The molecule has 1 unspecified atom stereocenters. The molecule has 0 amide bonds. The molecule has 8 rings (SSSR count). The molecule has 13 nitrogen and oxygen atoms in total. The van der Waals surface area contributed by atoms with E-state index in [-0.39, 0.29) is 35.2 Å². The average Bonchev–Trinajstić information content (AvgIpc) is 3.83. The number of aromatic amines is 1. The van der Waals surface area contributed by atoms with Gasteiger partial charge in [0.15, 0.2) is 0 Å². The molecule has 3 aliphatic rings. The number of carbonyl (C=O) groups is 1. The Morgan fingerprint density at radius 2 is 1.82 bits per heavy atom. The summed E-state index contributed by atoms with van der Waals surface area (Å²) in [6, 6.07) is 14.3. The summed E-state index contributed by atoms with van der Waals surface area (Å²) in [6.45, 7) is 9.10. The van der Waals surface area contributed by atoms with E-state index in [9.17, 15) is 19.5 Å². The first-order valence-corrected chi connectivity index (χ1v) is 20.0. The third kappa shape index (κ3) is 7.11. The first kappa shape index (κ1) is 37.9. The van der Waals surface area contributed by atoms with Crippen molar-refractivity contribution >= 4 is 16.8 Å². The second kappa shape index (κ2) is 15.2. The lowest BCUT2D eigenvalue weighted by Crippen LogP contribution is -2.46. The lowest BCUT2D eigenvalue weighted by atomic mass is 9.50. The average molecular weight is 762 g/mol. The van der Waals surface area contributed by atoms with Crippen molar-refractivity contribution in [2.45, 2.75) is 122 Å². The van der Waals surface area contributed by atoms with E-state index in [1.54, 1.807) is 17.8 Å². The number of rotatable bonds is 13. The molecule has 2 aromatic carbocycles. The van der Waals surface area contributed by atoms with Crippen LogP contribution in [0.1, 0.15) is 119 Å². The van der Waals surface area contributed by atoms with Gasteiger partial charge in [0.1, 0.15) is 23.9 Å². The van der Waals surface area contributed by atoms with Crippen molar-refractivity contribution in [3.05, 3.63) is 98.2 Å². The highest BCUT2D eigenvalue weighted by atomic mass is 16.5. The van der Waals surface area contributed by atoms with Crippen molar-refractivity contribution in [2.24, 2.45) is 5.41 Å². The van der Waals surface area contributed by atoms with Gasteiger partial charge in [-0.15, -0.1) is 5.10 Å². The molecule has 3 aromatic heterocycles. The maximum atomic E-state index is 12.8. The van der Waals surface area contributed by atoms with Crippen LogP contribution in [0.25, 0.3) is 22.3 Å². The number of Topliss-reactive ketones (excluding diaryl/α,β-unsaturated/α-hetero) is 1. The Bertz CT molecular complexity index is 2380. The number of ether oxygens (including phenoxy) is 2. The SMILES string of the molecule is Cc1cn([C@H]2CC(n3cc(CCC(=O)CCCCCOc4ccc5c(c4)-c4nc6ccccc6nc4[C@@H]4C(C)(C)CCC[C@]54C)nn3)[C@@H](CO)O2)c(=O)[nH]c1=O. The zero-order valence-corrected chi connectivity index (χ0v) is 32.7. The Hall–Kier alpha value is -5.01. The molecule has 2 fully saturated rings. The van der Waals surface area contributed by atoms with Crippen molar-refractivity contribution in [1.82, 2.24) is 34.5 Å². The van der Waals surface area contributed by atoms with Crippen LogP contribution in [0.4, 0.5) is 0 Å². The Morgan fingerprint density at radius 3 is 2.62 bits per heavy atom. The van der Waals surface area contributed by atoms with Crippen LogP contribution in [0.3, 0.4) is 0 Å². The molecule has 5 aromatic rings. The number of para-hydroxylation sites is 2. The maximum Gasteiger partial charge on any atom is 0.330 e. The summed E-state index contributed by atoms with van der Waals surface area (Å²) >= 11 is 0. The number of nitrogens with one attached hydrogen (secondary N) is 1. The smallest absolute Gasteiger partial charge is 0.330 e. The second-order valence-electron chi connectivity index (χ2n) is 16.8. The minimum atomic E-state index is -0.674. The summed E-state index contributed by atoms with van der Waals surface area (Å²) in [5, 5.41) is 18.5. The van der Waals surface area contributed by atoms with Crippen molar-refractivity contribution in [3.8, 4) is 17.0 Å². The molecule has 56 heavy (non-hydrogen) atoms. The molecule has 1 saturated heterocycles. The van der Waals surface area contributed by atoms with E-state index in [4.69, 9.17) is 19.4 Å². The Balaban J connectivity index is 0.828. The van der Waals surface area contributed by atoms with Crippen LogP contribution in [-0.4, -0.2) is 64.7 Å². The standard InChI is InChI=1S/C43H51N7O6/c1-26-23-49(41(54)46-40(26)53)36-22-34(35(25-51)56-36)50-24-27(47-48-50)14-15-28(52)11-6-5-9-20-55-29-16-17-31-30(21-29)37-38(45-33-13-8-7-12-32(33)44-37)39-42(2,3)18-10-19-43(31,39)4/h7-8,12-13,16-17,21,23-24,34-36,39,51H,5-6,9-11,14-15,18-20,22,25H2,1-4H3,(H,46,53,54)/t34?,35-,36-,39-,43-/m1/s1. The first-order chi connectivity index (χ1) is 26.9. The number of hydrogen-bond donors (Lipinski definition) is 2.